The van der Waals surface area contributed by atoms with Gasteiger partial charge in [-0.3, -0.25) is 4.90 Å². The third-order valence-electron chi connectivity index (χ3n) is 5.08. The van der Waals surface area contributed by atoms with E-state index >= 15 is 0 Å². The molecule has 0 aromatic heterocycles. The van der Waals surface area contributed by atoms with Gasteiger partial charge in [0.1, 0.15) is 5.82 Å². The molecule has 132 valence electrons. The Morgan fingerprint density at radius 1 is 1.16 bits per heavy atom. The third-order valence-corrected chi connectivity index (χ3v) is 5.30. The molecule has 1 aliphatic heterocycles. The molecule has 1 fully saturated rings. The highest BCUT2D eigenvalue weighted by molar-refractivity contribution is 6.30. The minimum atomic E-state index is -0.320. The van der Waals surface area contributed by atoms with Gasteiger partial charge in [-0.15, -0.1) is 0 Å². The average Bonchev–Trinajstić information content (AvgIpc) is 2.98. The van der Waals surface area contributed by atoms with Crippen molar-refractivity contribution in [2.75, 3.05) is 26.2 Å². The summed E-state index contributed by atoms with van der Waals surface area (Å²) >= 11 is 5.96. The Bertz CT molecular complexity index is 728. The van der Waals surface area contributed by atoms with Gasteiger partial charge in [0.15, 0.2) is 0 Å². The van der Waals surface area contributed by atoms with E-state index in [4.69, 9.17) is 16.3 Å². The molecule has 0 spiro atoms. The molecule has 1 heterocycles. The number of fused-ring (bicyclic) bond motifs is 1. The van der Waals surface area contributed by atoms with Crippen molar-refractivity contribution in [3.8, 4) is 0 Å². The second-order valence-electron chi connectivity index (χ2n) is 6.76. The minimum Gasteiger partial charge on any atom is -0.371 e. The molecule has 1 N–H and O–H groups in total. The van der Waals surface area contributed by atoms with Crippen molar-refractivity contribution in [2.24, 2.45) is 0 Å². The Hall–Kier alpha value is -1.46. The van der Waals surface area contributed by atoms with Gasteiger partial charge >= 0.3 is 0 Å². The van der Waals surface area contributed by atoms with Crippen molar-refractivity contribution in [1.82, 2.24) is 10.2 Å². The number of nitrogens with zero attached hydrogens (tertiary/aromatic N) is 1. The van der Waals surface area contributed by atoms with Crippen LogP contribution in [0.3, 0.4) is 0 Å². The fourth-order valence-electron chi connectivity index (χ4n) is 3.98. The van der Waals surface area contributed by atoms with E-state index in [9.17, 15) is 4.39 Å². The summed E-state index contributed by atoms with van der Waals surface area (Å²) in [5, 5.41) is 3.82. The molecule has 2 unspecified atom stereocenters. The molecule has 0 bridgehead atoms. The van der Waals surface area contributed by atoms with Gasteiger partial charge in [-0.25, -0.2) is 4.39 Å². The average molecular weight is 361 g/mol. The summed E-state index contributed by atoms with van der Waals surface area (Å²) in [7, 11) is 0. The number of ether oxygens (including phenoxy) is 1. The highest BCUT2D eigenvalue weighted by Gasteiger charge is 2.37. The molecule has 0 amide bonds. The van der Waals surface area contributed by atoms with Gasteiger partial charge in [-0.1, -0.05) is 35.9 Å². The van der Waals surface area contributed by atoms with Crippen LogP contribution in [0, 0.1) is 5.82 Å². The lowest BCUT2D eigenvalue weighted by Crippen LogP contribution is -2.47. The summed E-state index contributed by atoms with van der Waals surface area (Å²) < 4.78 is 19.8. The third kappa shape index (κ3) is 3.72. The Labute approximate surface area is 152 Å². The van der Waals surface area contributed by atoms with Crippen molar-refractivity contribution >= 4 is 11.6 Å². The maximum Gasteiger partial charge on any atom is 0.125 e. The predicted molar refractivity (Wildman–Crippen MR) is 97.3 cm³/mol. The first-order chi connectivity index (χ1) is 12.2. The second-order valence-corrected chi connectivity index (χ2v) is 7.20. The van der Waals surface area contributed by atoms with Crippen molar-refractivity contribution < 1.29 is 9.13 Å². The van der Waals surface area contributed by atoms with Gasteiger partial charge in [0.05, 0.1) is 18.8 Å². The Balaban J connectivity index is 1.53. The molecule has 2 aromatic rings. The van der Waals surface area contributed by atoms with Crippen LogP contribution in [-0.4, -0.2) is 37.2 Å². The summed E-state index contributed by atoms with van der Waals surface area (Å²) in [6, 6.07) is 13.4. The molecular weight excluding hydrogens is 339 g/mol. The van der Waals surface area contributed by atoms with Gasteiger partial charge < -0.3 is 10.1 Å². The molecule has 0 radical (unpaired) electrons. The van der Waals surface area contributed by atoms with Crippen molar-refractivity contribution in [3.05, 3.63) is 70.0 Å². The molecule has 2 atom stereocenters. The Kier molecular flexibility index (Phi) is 5.04. The summed E-state index contributed by atoms with van der Waals surface area (Å²) in [6.07, 6.45) is 0.978. The van der Waals surface area contributed by atoms with Gasteiger partial charge in [0.25, 0.3) is 0 Å². The lowest BCUT2D eigenvalue weighted by molar-refractivity contribution is -0.0189. The molecule has 0 saturated carbocycles. The first-order valence-corrected chi connectivity index (χ1v) is 9.17. The summed E-state index contributed by atoms with van der Waals surface area (Å²) in [5.74, 6) is -0.320. The van der Waals surface area contributed by atoms with E-state index in [1.807, 2.05) is 0 Å². The van der Waals surface area contributed by atoms with Crippen molar-refractivity contribution in [1.29, 1.82) is 0 Å². The minimum absolute atomic E-state index is 0.0811. The van der Waals surface area contributed by atoms with Crippen LogP contribution in [0.2, 0.25) is 5.02 Å². The number of piperazine rings is 1. The predicted octanol–water partition coefficient (Wildman–Crippen LogP) is 3.57. The zero-order valence-corrected chi connectivity index (χ0v) is 14.8. The number of nitrogens with one attached hydrogen (secondary N) is 1. The molecule has 5 heteroatoms. The van der Waals surface area contributed by atoms with Gasteiger partial charge in [0.2, 0.25) is 0 Å². The van der Waals surface area contributed by atoms with Gasteiger partial charge in [-0.2, -0.15) is 0 Å². The molecular formula is C20H22ClFN2O. The smallest absolute Gasteiger partial charge is 0.125 e. The lowest BCUT2D eigenvalue weighted by atomic mass is 10.1. The molecule has 25 heavy (non-hydrogen) atoms. The standard InChI is InChI=1S/C20H22ClFN2O/c21-16-9-14(10-17(22)12-16)13-25-19-11-15-3-1-2-4-18(15)20(19)24-7-5-23-6-8-24/h1-4,9-10,12,19-20,23H,5-8,11,13H2. The number of rotatable bonds is 4. The zero-order chi connectivity index (χ0) is 17.2. The van der Waals surface area contributed by atoms with Gasteiger partial charge in [0, 0.05) is 37.6 Å². The van der Waals surface area contributed by atoms with Crippen molar-refractivity contribution in [3.63, 3.8) is 0 Å². The van der Waals surface area contributed by atoms with Crippen LogP contribution >= 0.6 is 11.6 Å². The monoisotopic (exact) mass is 360 g/mol. The van der Waals surface area contributed by atoms with Crippen LogP contribution in [0.25, 0.3) is 0 Å². The zero-order valence-electron chi connectivity index (χ0n) is 14.1. The van der Waals surface area contributed by atoms with E-state index < -0.39 is 0 Å². The van der Waals surface area contributed by atoms with Crippen LogP contribution in [0.4, 0.5) is 4.39 Å². The topological polar surface area (TPSA) is 24.5 Å². The van der Waals surface area contributed by atoms with Crippen LogP contribution in [0.15, 0.2) is 42.5 Å². The molecule has 1 saturated heterocycles. The number of halogens is 2. The van der Waals surface area contributed by atoms with Crippen molar-refractivity contribution in [2.45, 2.75) is 25.2 Å². The lowest BCUT2D eigenvalue weighted by Gasteiger charge is -2.36. The largest absolute Gasteiger partial charge is 0.371 e. The fraction of sp³-hybridized carbons (Fsp3) is 0.400. The van der Waals surface area contributed by atoms with E-state index in [0.717, 1.165) is 38.2 Å². The van der Waals surface area contributed by atoms with Gasteiger partial charge in [-0.05, 0) is 34.9 Å². The SMILES string of the molecule is Fc1cc(Cl)cc(COC2Cc3ccccc3C2N2CCNCC2)c1. The molecule has 3 nitrogen and oxygen atoms in total. The normalized spacial score (nSPS) is 23.6. The number of benzene rings is 2. The quantitative estimate of drug-likeness (QED) is 0.902. The number of hydrogen-bond acceptors (Lipinski definition) is 3. The molecule has 2 aliphatic rings. The van der Waals surface area contributed by atoms with Crippen LogP contribution in [0.5, 0.6) is 0 Å². The van der Waals surface area contributed by atoms with Crippen LogP contribution < -0.4 is 5.32 Å². The van der Waals surface area contributed by atoms with E-state index in [0.29, 0.717) is 11.6 Å². The molecule has 2 aromatic carbocycles. The van der Waals surface area contributed by atoms with Crippen LogP contribution in [-0.2, 0) is 17.8 Å². The summed E-state index contributed by atoms with van der Waals surface area (Å²) in [4.78, 5) is 2.51. The Morgan fingerprint density at radius 2 is 1.96 bits per heavy atom. The Morgan fingerprint density at radius 3 is 2.76 bits per heavy atom. The highest BCUT2D eigenvalue weighted by Crippen LogP contribution is 2.38. The fourth-order valence-corrected chi connectivity index (χ4v) is 4.22. The summed E-state index contributed by atoms with van der Waals surface area (Å²) in [6.45, 7) is 4.42. The molecule has 1 aliphatic carbocycles. The highest BCUT2D eigenvalue weighted by atomic mass is 35.5. The maximum absolute atomic E-state index is 13.6. The van der Waals surface area contributed by atoms with E-state index in [2.05, 4.69) is 34.5 Å². The van der Waals surface area contributed by atoms with E-state index in [1.165, 1.54) is 23.3 Å². The first kappa shape index (κ1) is 17.0. The van der Waals surface area contributed by atoms with E-state index in [1.54, 1.807) is 6.07 Å². The first-order valence-electron chi connectivity index (χ1n) is 8.80. The van der Waals surface area contributed by atoms with Crippen LogP contribution in [0.1, 0.15) is 22.7 Å². The molecule has 4 rings (SSSR count). The summed E-state index contributed by atoms with van der Waals surface area (Å²) in [5.41, 5.74) is 3.50. The number of hydrogen-bond donors (Lipinski definition) is 1. The maximum atomic E-state index is 13.6. The van der Waals surface area contributed by atoms with E-state index in [-0.39, 0.29) is 18.0 Å². The second kappa shape index (κ2) is 7.42.